The van der Waals surface area contributed by atoms with Gasteiger partial charge in [0.15, 0.2) is 11.0 Å². The molecule has 0 amide bonds. The molecule has 0 bridgehead atoms. The number of hydrogen-bond donors (Lipinski definition) is 0. The lowest BCUT2D eigenvalue weighted by Crippen LogP contribution is -2.39. The number of thioether (sulfide) groups is 1. The van der Waals surface area contributed by atoms with Crippen molar-refractivity contribution in [1.82, 2.24) is 14.8 Å². The Hall–Kier alpha value is -4.06. The van der Waals surface area contributed by atoms with E-state index in [2.05, 4.69) is 51.2 Å². The molecule has 5 rings (SSSR count). The molecule has 12 heteroatoms. The van der Waals surface area contributed by atoms with Crippen LogP contribution in [0.1, 0.15) is 36.5 Å². The highest BCUT2D eigenvalue weighted by Gasteiger charge is 2.57. The molecule has 1 aromatic heterocycles. The fourth-order valence-corrected chi connectivity index (χ4v) is 4.89. The molecule has 0 aliphatic carbocycles. The monoisotopic (exact) mass is 584 g/mol. The van der Waals surface area contributed by atoms with E-state index in [-0.39, 0.29) is 5.56 Å². The smallest absolute Gasteiger partial charge is 0.309 e. The number of amidine groups is 1. The van der Waals surface area contributed by atoms with Gasteiger partial charge in [-0.2, -0.15) is 27.1 Å². The Labute approximate surface area is 237 Å². The Morgan fingerprint density at radius 1 is 0.951 bits per heavy atom. The number of para-hydroxylation sites is 1. The van der Waals surface area contributed by atoms with Crippen LogP contribution in [0.2, 0.25) is 0 Å². The van der Waals surface area contributed by atoms with Crippen LogP contribution in [0.25, 0.3) is 17.1 Å². The Bertz CT molecular complexity index is 1560. The first kappa shape index (κ1) is 28.5. The van der Waals surface area contributed by atoms with Gasteiger partial charge in [-0.25, -0.2) is 9.67 Å². The Balaban J connectivity index is 1.22. The van der Waals surface area contributed by atoms with Gasteiger partial charge in [0.1, 0.15) is 6.33 Å². The molecule has 0 unspecified atom stereocenters. The van der Waals surface area contributed by atoms with Gasteiger partial charge in [-0.1, -0.05) is 80.2 Å². The van der Waals surface area contributed by atoms with Gasteiger partial charge in [-0.3, -0.25) is 0 Å². The Morgan fingerprint density at radius 3 is 2.29 bits per heavy atom. The second-order valence-electron chi connectivity index (χ2n) is 9.72. The number of alkyl halides is 5. The fraction of sp³-hybridized carbons (Fsp3) is 0.241. The first-order valence-electron chi connectivity index (χ1n) is 12.7. The van der Waals surface area contributed by atoms with E-state index in [0.29, 0.717) is 17.4 Å². The molecule has 0 N–H and O–H groups in total. The fourth-order valence-electron chi connectivity index (χ4n) is 4.17. The molecule has 1 saturated heterocycles. The third-order valence-corrected chi connectivity index (χ3v) is 7.40. The first-order chi connectivity index (χ1) is 19.5. The minimum Gasteiger partial charge on any atom is -0.309 e. The van der Waals surface area contributed by atoms with Crippen molar-refractivity contribution >= 4 is 28.8 Å². The van der Waals surface area contributed by atoms with Crippen LogP contribution in [0, 0.1) is 0 Å². The molecule has 0 radical (unpaired) electrons. The minimum atomic E-state index is -5.60. The molecule has 0 atom stereocenters. The summed E-state index contributed by atoms with van der Waals surface area (Å²) in [6, 6.07) is 20.9. The van der Waals surface area contributed by atoms with Crippen LogP contribution in [0.15, 0.2) is 89.3 Å². The summed E-state index contributed by atoms with van der Waals surface area (Å²) >= 11 is 1.63. The highest BCUT2D eigenvalue weighted by Crippen LogP contribution is 2.38. The summed E-state index contributed by atoms with van der Waals surface area (Å²) in [6.45, 7) is 4.33. The number of halogens is 5. The van der Waals surface area contributed by atoms with Crippen molar-refractivity contribution in [3.05, 3.63) is 95.8 Å². The van der Waals surface area contributed by atoms with Gasteiger partial charge >= 0.3 is 12.1 Å². The number of benzene rings is 3. The lowest BCUT2D eigenvalue weighted by atomic mass is 10.0. The zero-order valence-electron chi connectivity index (χ0n) is 22.1. The van der Waals surface area contributed by atoms with Crippen LogP contribution in [-0.4, -0.2) is 44.1 Å². The van der Waals surface area contributed by atoms with Gasteiger partial charge in [0, 0.05) is 17.7 Å². The van der Waals surface area contributed by atoms with Crippen LogP contribution >= 0.6 is 11.8 Å². The summed E-state index contributed by atoms with van der Waals surface area (Å²) in [4.78, 5) is 6.43. The van der Waals surface area contributed by atoms with Crippen LogP contribution in [0.4, 0.5) is 27.6 Å². The Kier molecular flexibility index (Phi) is 7.94. The number of rotatable bonds is 8. The van der Waals surface area contributed by atoms with E-state index in [0.717, 1.165) is 27.9 Å². The zero-order chi connectivity index (χ0) is 29.2. The first-order valence-corrected chi connectivity index (χ1v) is 13.7. The van der Waals surface area contributed by atoms with Crippen molar-refractivity contribution in [3.63, 3.8) is 0 Å². The molecular weight excluding hydrogens is 559 g/mol. The van der Waals surface area contributed by atoms with Crippen molar-refractivity contribution < 1.29 is 22.0 Å². The largest absolute Gasteiger partial charge is 0.453 e. The highest BCUT2D eigenvalue weighted by atomic mass is 32.2. The molecule has 1 fully saturated rings. The predicted molar refractivity (Wildman–Crippen MR) is 152 cm³/mol. The summed E-state index contributed by atoms with van der Waals surface area (Å²) in [7, 11) is 0. The third kappa shape index (κ3) is 6.32. The topological polar surface area (TPSA) is 58.7 Å². The highest BCUT2D eigenvalue weighted by molar-refractivity contribution is 8.16. The van der Waals surface area contributed by atoms with Crippen molar-refractivity contribution in [2.24, 2.45) is 10.2 Å². The summed E-state index contributed by atoms with van der Waals surface area (Å²) in [5.41, 5.74) is 4.32. The van der Waals surface area contributed by atoms with E-state index in [1.807, 2.05) is 36.4 Å². The quantitative estimate of drug-likeness (QED) is 0.121. The van der Waals surface area contributed by atoms with Gasteiger partial charge in [-0.05, 0) is 40.8 Å². The molecule has 1 aliphatic rings. The summed E-state index contributed by atoms with van der Waals surface area (Å²) in [6.07, 6.45) is -3.92. The standard InChI is InChI=1S/C29H25F5N6S/c1-19(2)24-5-3-4-6-25(24)39-18-41-27(39)37-36-16-21-7-11-22(12-8-21)26-35-17-40(38-26)23-13-9-20(10-14-23)15-28(30,31)29(32,33)34/h3-14,16-17,19H,15,18H2,1-2H3. The van der Waals surface area contributed by atoms with Gasteiger partial charge in [0.05, 0.1) is 17.8 Å². The lowest BCUT2D eigenvalue weighted by molar-refractivity contribution is -0.281. The maximum atomic E-state index is 13.3. The molecule has 2 heterocycles. The van der Waals surface area contributed by atoms with Crippen LogP contribution in [-0.2, 0) is 6.42 Å². The van der Waals surface area contributed by atoms with Gasteiger partial charge in [0.2, 0.25) is 0 Å². The summed E-state index contributed by atoms with van der Waals surface area (Å²) < 4.78 is 65.5. The number of nitrogens with zero attached hydrogens (tertiary/aromatic N) is 6. The van der Waals surface area contributed by atoms with E-state index >= 15 is 0 Å². The molecule has 41 heavy (non-hydrogen) atoms. The number of hydrogen-bond acceptors (Lipinski definition) is 5. The maximum Gasteiger partial charge on any atom is 0.453 e. The van der Waals surface area contributed by atoms with Crippen LogP contribution < -0.4 is 4.90 Å². The van der Waals surface area contributed by atoms with Gasteiger partial charge in [-0.15, -0.1) is 10.2 Å². The van der Waals surface area contributed by atoms with E-state index in [1.54, 1.807) is 18.0 Å². The minimum absolute atomic E-state index is 0.136. The molecule has 4 aromatic rings. The second kappa shape index (κ2) is 11.4. The van der Waals surface area contributed by atoms with E-state index in [1.165, 1.54) is 40.8 Å². The third-order valence-electron chi connectivity index (χ3n) is 6.46. The average Bonchev–Trinajstić information content (AvgIpc) is 3.41. The normalized spacial score (nSPS) is 15.2. The molecule has 6 nitrogen and oxygen atoms in total. The predicted octanol–water partition coefficient (Wildman–Crippen LogP) is 7.70. The van der Waals surface area contributed by atoms with E-state index in [4.69, 9.17) is 0 Å². The SMILES string of the molecule is CC(C)c1ccccc1N1CSC1=NN=Cc1ccc(-c2ncn(-c3ccc(CC(F)(F)C(F)(F)F)cc3)n2)cc1. The van der Waals surface area contributed by atoms with E-state index < -0.39 is 18.5 Å². The number of anilines is 1. The Morgan fingerprint density at radius 2 is 1.66 bits per heavy atom. The van der Waals surface area contributed by atoms with Crippen molar-refractivity contribution in [2.75, 3.05) is 10.8 Å². The summed E-state index contributed by atoms with van der Waals surface area (Å²) in [5, 5.41) is 13.9. The van der Waals surface area contributed by atoms with Crippen molar-refractivity contribution in [2.45, 2.75) is 38.3 Å². The molecule has 3 aromatic carbocycles. The van der Waals surface area contributed by atoms with Gasteiger partial charge in [0.25, 0.3) is 0 Å². The van der Waals surface area contributed by atoms with Crippen LogP contribution in [0.3, 0.4) is 0 Å². The molecule has 212 valence electrons. The molecule has 1 aliphatic heterocycles. The zero-order valence-corrected chi connectivity index (χ0v) is 22.9. The molecular formula is C29H25F5N6S. The van der Waals surface area contributed by atoms with Crippen molar-refractivity contribution in [1.29, 1.82) is 0 Å². The molecule has 0 spiro atoms. The second-order valence-corrected chi connectivity index (χ2v) is 10.6. The van der Waals surface area contributed by atoms with E-state index in [9.17, 15) is 22.0 Å². The van der Waals surface area contributed by atoms with Crippen molar-refractivity contribution in [3.8, 4) is 17.1 Å². The molecule has 0 saturated carbocycles. The average molecular weight is 585 g/mol. The lowest BCUT2D eigenvalue weighted by Gasteiger charge is -2.34. The van der Waals surface area contributed by atoms with Crippen LogP contribution in [0.5, 0.6) is 0 Å². The summed E-state index contributed by atoms with van der Waals surface area (Å²) in [5.74, 6) is -3.15. The van der Waals surface area contributed by atoms with Gasteiger partial charge < -0.3 is 4.90 Å². The number of aromatic nitrogens is 3. The maximum absolute atomic E-state index is 13.3.